The molecule has 5 rings (SSSR count). The second-order valence-electron chi connectivity index (χ2n) is 11.5. The maximum absolute atomic E-state index is 13.9. The van der Waals surface area contributed by atoms with Crippen LogP contribution in [-0.2, 0) is 43.3 Å². The number of carbonyl (C=O) groups excluding carboxylic acids is 4. The fourth-order valence-corrected chi connectivity index (χ4v) is 5.15. The molecule has 0 spiro atoms. The number of nitrogens with one attached hydrogen (secondary N) is 4. The van der Waals surface area contributed by atoms with Gasteiger partial charge in [-0.3, -0.25) is 14.4 Å². The molecule has 0 saturated carbocycles. The normalized spacial score (nSPS) is 17.5. The summed E-state index contributed by atoms with van der Waals surface area (Å²) < 4.78 is 10.7. The van der Waals surface area contributed by atoms with Crippen LogP contribution in [0.15, 0.2) is 91.1 Å². The van der Waals surface area contributed by atoms with Crippen LogP contribution in [0.5, 0.6) is 0 Å². The van der Waals surface area contributed by atoms with E-state index in [4.69, 9.17) is 9.47 Å². The number of ether oxygens (including phenoxy) is 2. The summed E-state index contributed by atoms with van der Waals surface area (Å²) in [5.74, 6) is -1.29. The van der Waals surface area contributed by atoms with Gasteiger partial charge in [0.05, 0.1) is 12.6 Å². The summed E-state index contributed by atoms with van der Waals surface area (Å²) in [7, 11) is 0. The van der Waals surface area contributed by atoms with Crippen molar-refractivity contribution in [3.05, 3.63) is 108 Å². The van der Waals surface area contributed by atoms with E-state index in [0.717, 1.165) is 27.6 Å². The van der Waals surface area contributed by atoms with Crippen LogP contribution < -0.4 is 16.0 Å². The average Bonchev–Trinajstić information content (AvgIpc) is 3.69. The van der Waals surface area contributed by atoms with Gasteiger partial charge in [-0.15, -0.1) is 0 Å². The summed E-state index contributed by atoms with van der Waals surface area (Å²) in [6, 6.07) is 23.7. The number of aryl methyl sites for hydroxylation is 1. The highest BCUT2D eigenvalue weighted by Gasteiger charge is 2.50. The van der Waals surface area contributed by atoms with E-state index in [1.807, 2.05) is 84.9 Å². The minimum absolute atomic E-state index is 0.0492. The number of rotatable bonds is 14. The van der Waals surface area contributed by atoms with Crippen LogP contribution in [0, 0.1) is 0 Å². The van der Waals surface area contributed by atoms with Gasteiger partial charge in [-0.2, -0.15) is 0 Å². The van der Waals surface area contributed by atoms with Crippen molar-refractivity contribution < 1.29 is 28.7 Å². The quantitative estimate of drug-likeness (QED) is 0.159. The zero-order valence-corrected chi connectivity index (χ0v) is 25.4. The number of hydrogen-bond donors (Lipinski definition) is 4. The lowest BCUT2D eigenvalue weighted by Gasteiger charge is -2.25. The third kappa shape index (κ3) is 8.36. The minimum Gasteiger partial charge on any atom is -0.445 e. The van der Waals surface area contributed by atoms with Crippen molar-refractivity contribution in [2.45, 2.75) is 63.4 Å². The van der Waals surface area contributed by atoms with Crippen LogP contribution in [-0.4, -0.2) is 59.0 Å². The number of hydrogen-bond acceptors (Lipinski definition) is 6. The van der Waals surface area contributed by atoms with Crippen molar-refractivity contribution in [1.82, 2.24) is 20.9 Å². The van der Waals surface area contributed by atoms with Crippen LogP contribution in [0.4, 0.5) is 4.79 Å². The maximum atomic E-state index is 13.9. The molecule has 4 aromatic rings. The number of aromatic nitrogens is 1. The summed E-state index contributed by atoms with van der Waals surface area (Å²) in [6.45, 7) is 3.57. The van der Waals surface area contributed by atoms with Gasteiger partial charge >= 0.3 is 6.09 Å². The zero-order chi connectivity index (χ0) is 31.8. The highest BCUT2D eigenvalue weighted by molar-refractivity contribution is 5.98. The molecule has 1 aliphatic rings. The number of H-pyrrole nitrogens is 1. The van der Waals surface area contributed by atoms with Gasteiger partial charge in [0.25, 0.3) is 0 Å². The SMILES string of the molecule is C[C@H](NC(=O)OCc1ccccc1)C(=O)NC(Cc1c[nH]c2ccccc12)C(=O)N[C@@H](CCc1ccccc1)C(=O)[C@@]1(C)CO1. The standard InChI is InChI=1S/C35H38N4O6/c1-23(37-34(43)44-21-25-13-7-4-8-14-25)32(41)39-30(19-26-20-36-28-16-10-9-15-27(26)28)33(42)38-29(31(40)35(2)22-45-35)18-17-24-11-5-3-6-12-24/h3-16,20,23,29-30,36H,17-19,21-22H2,1-2H3,(H,37,43)(H,38,42)(H,39,41)/t23-,29-,30?,35+/m0/s1. The van der Waals surface area contributed by atoms with Gasteiger partial charge < -0.3 is 30.4 Å². The number of fused-ring (bicyclic) bond motifs is 1. The first-order valence-electron chi connectivity index (χ1n) is 15.1. The van der Waals surface area contributed by atoms with Crippen molar-refractivity contribution in [2.24, 2.45) is 0 Å². The first-order chi connectivity index (χ1) is 21.7. The Morgan fingerprint density at radius 2 is 1.47 bits per heavy atom. The Morgan fingerprint density at radius 3 is 2.16 bits per heavy atom. The van der Waals surface area contributed by atoms with Gasteiger partial charge in [-0.25, -0.2) is 4.79 Å². The van der Waals surface area contributed by atoms with E-state index in [0.29, 0.717) is 19.4 Å². The Labute approximate surface area is 261 Å². The third-order valence-corrected chi connectivity index (χ3v) is 7.97. The number of carbonyl (C=O) groups is 4. The molecule has 0 bridgehead atoms. The topological polar surface area (TPSA) is 142 Å². The summed E-state index contributed by atoms with van der Waals surface area (Å²) >= 11 is 0. The molecular weight excluding hydrogens is 572 g/mol. The molecule has 10 heteroatoms. The second kappa shape index (κ2) is 14.2. The number of alkyl carbamates (subject to hydrolysis) is 1. The first-order valence-corrected chi connectivity index (χ1v) is 15.1. The molecule has 1 unspecified atom stereocenters. The Kier molecular flexibility index (Phi) is 9.94. The Balaban J connectivity index is 1.29. The van der Waals surface area contributed by atoms with Gasteiger partial charge in [0.2, 0.25) is 11.8 Å². The first kappa shape index (κ1) is 31.5. The molecule has 2 heterocycles. The predicted molar refractivity (Wildman–Crippen MR) is 169 cm³/mol. The van der Waals surface area contributed by atoms with Gasteiger partial charge in [0.15, 0.2) is 5.78 Å². The Bertz CT molecular complexity index is 1630. The predicted octanol–water partition coefficient (Wildman–Crippen LogP) is 3.99. The number of benzene rings is 3. The number of ketones is 1. The highest BCUT2D eigenvalue weighted by Crippen LogP contribution is 2.29. The maximum Gasteiger partial charge on any atom is 0.408 e. The number of amides is 3. The fourth-order valence-electron chi connectivity index (χ4n) is 5.15. The second-order valence-corrected chi connectivity index (χ2v) is 11.5. The van der Waals surface area contributed by atoms with E-state index in [1.165, 1.54) is 6.92 Å². The molecule has 234 valence electrons. The highest BCUT2D eigenvalue weighted by atomic mass is 16.6. The van der Waals surface area contributed by atoms with Crippen LogP contribution in [0.2, 0.25) is 0 Å². The third-order valence-electron chi connectivity index (χ3n) is 7.97. The largest absolute Gasteiger partial charge is 0.445 e. The number of para-hydroxylation sites is 1. The monoisotopic (exact) mass is 610 g/mol. The smallest absolute Gasteiger partial charge is 0.408 e. The summed E-state index contributed by atoms with van der Waals surface area (Å²) in [5, 5.41) is 9.15. The van der Waals surface area contributed by atoms with Crippen molar-refractivity contribution in [3.8, 4) is 0 Å². The number of aromatic amines is 1. The molecule has 3 amide bonds. The summed E-state index contributed by atoms with van der Waals surface area (Å²) in [6.07, 6.45) is 2.13. The molecule has 4 N–H and O–H groups in total. The molecule has 10 nitrogen and oxygen atoms in total. The molecule has 0 radical (unpaired) electrons. The van der Waals surface area contributed by atoms with Gasteiger partial charge in [0.1, 0.15) is 24.3 Å². The van der Waals surface area contributed by atoms with E-state index < -0.39 is 41.6 Å². The molecule has 4 atom stereocenters. The molecule has 3 aromatic carbocycles. The van der Waals surface area contributed by atoms with E-state index in [-0.39, 0.29) is 18.8 Å². The van der Waals surface area contributed by atoms with Gasteiger partial charge in [0, 0.05) is 23.5 Å². The molecule has 45 heavy (non-hydrogen) atoms. The van der Waals surface area contributed by atoms with Crippen LogP contribution in [0.3, 0.4) is 0 Å². The van der Waals surface area contributed by atoms with Crippen LogP contribution >= 0.6 is 0 Å². The molecule has 1 fully saturated rings. The van der Waals surface area contributed by atoms with Crippen molar-refractivity contribution >= 4 is 34.6 Å². The zero-order valence-electron chi connectivity index (χ0n) is 25.4. The average molecular weight is 611 g/mol. The lowest BCUT2D eigenvalue weighted by molar-refractivity contribution is -0.133. The Morgan fingerprint density at radius 1 is 0.844 bits per heavy atom. The number of Topliss-reactive ketones (excluding diaryl/α,β-unsaturated/α-hetero) is 1. The molecular formula is C35H38N4O6. The lowest BCUT2D eigenvalue weighted by atomic mass is 9.94. The lowest BCUT2D eigenvalue weighted by Crippen LogP contribution is -2.56. The van der Waals surface area contributed by atoms with Gasteiger partial charge in [-0.1, -0.05) is 78.9 Å². The van der Waals surface area contributed by atoms with Crippen molar-refractivity contribution in [1.29, 1.82) is 0 Å². The minimum atomic E-state index is -1.04. The van der Waals surface area contributed by atoms with Crippen molar-refractivity contribution in [2.75, 3.05) is 6.61 Å². The summed E-state index contributed by atoms with van der Waals surface area (Å²) in [4.78, 5) is 56.2. The van der Waals surface area contributed by atoms with Crippen LogP contribution in [0.25, 0.3) is 10.9 Å². The fraction of sp³-hybridized carbons (Fsp3) is 0.314. The Hall–Kier alpha value is -4.96. The van der Waals surface area contributed by atoms with E-state index in [9.17, 15) is 19.2 Å². The molecule has 1 saturated heterocycles. The summed E-state index contributed by atoms with van der Waals surface area (Å²) in [5.41, 5.74) is 2.61. The van der Waals surface area contributed by atoms with Crippen LogP contribution in [0.1, 0.15) is 37.0 Å². The molecule has 0 aliphatic carbocycles. The number of epoxide rings is 1. The molecule has 1 aliphatic heterocycles. The van der Waals surface area contributed by atoms with Gasteiger partial charge in [-0.05, 0) is 49.4 Å². The van der Waals surface area contributed by atoms with E-state index in [2.05, 4.69) is 20.9 Å². The van der Waals surface area contributed by atoms with E-state index >= 15 is 0 Å². The van der Waals surface area contributed by atoms with E-state index in [1.54, 1.807) is 13.1 Å². The van der Waals surface area contributed by atoms with Crippen molar-refractivity contribution in [3.63, 3.8) is 0 Å². The molecule has 1 aromatic heterocycles.